The maximum atomic E-state index is 6.13. The van der Waals surface area contributed by atoms with Gasteiger partial charge in [0.2, 0.25) is 0 Å². The van der Waals surface area contributed by atoms with Gasteiger partial charge in [0.05, 0.1) is 6.61 Å². The molecule has 2 saturated heterocycles. The van der Waals surface area contributed by atoms with Crippen molar-refractivity contribution in [2.45, 2.75) is 43.7 Å². The molecule has 5 heteroatoms. The molecule has 0 aromatic carbocycles. The lowest BCUT2D eigenvalue weighted by Gasteiger charge is -2.34. The van der Waals surface area contributed by atoms with Gasteiger partial charge in [-0.1, -0.05) is 11.6 Å². The minimum Gasteiger partial charge on any atom is -0.367 e. The first-order chi connectivity index (χ1) is 9.29. The van der Waals surface area contributed by atoms with E-state index in [9.17, 15) is 0 Å². The van der Waals surface area contributed by atoms with Gasteiger partial charge in [0.25, 0.3) is 0 Å². The van der Waals surface area contributed by atoms with Crippen LogP contribution in [0.25, 0.3) is 0 Å². The van der Waals surface area contributed by atoms with Crippen LogP contribution in [0.4, 0.5) is 0 Å². The highest BCUT2D eigenvalue weighted by molar-refractivity contribution is 6.29. The van der Waals surface area contributed by atoms with Crippen molar-refractivity contribution >= 4 is 11.6 Å². The Morgan fingerprint density at radius 1 is 1.26 bits per heavy atom. The average Bonchev–Trinajstić information content (AvgIpc) is 3.16. The van der Waals surface area contributed by atoms with Crippen LogP contribution in [-0.4, -0.2) is 40.6 Å². The fraction of sp³-hybridized carbons (Fsp3) is 0.714. The molecule has 4 nitrogen and oxygen atoms in total. The van der Waals surface area contributed by atoms with Gasteiger partial charge in [0.1, 0.15) is 11.3 Å². The fourth-order valence-electron chi connectivity index (χ4n) is 3.16. The largest absolute Gasteiger partial charge is 0.367 e. The molecular weight excluding hydrogens is 262 g/mol. The zero-order chi connectivity index (χ0) is 12.8. The Labute approximate surface area is 118 Å². The third-order valence-electron chi connectivity index (χ3n) is 4.40. The third kappa shape index (κ3) is 2.37. The van der Waals surface area contributed by atoms with E-state index in [2.05, 4.69) is 14.9 Å². The average molecular weight is 280 g/mol. The highest BCUT2D eigenvalue weighted by Crippen LogP contribution is 2.40. The Hall–Kier alpha value is -0.710. The number of hydrogen-bond acceptors (Lipinski definition) is 4. The second-order valence-electron chi connectivity index (χ2n) is 5.86. The lowest BCUT2D eigenvalue weighted by atomic mass is 10.1. The first-order valence-electron chi connectivity index (χ1n) is 7.19. The molecule has 0 bridgehead atoms. The number of fused-ring (bicyclic) bond motifs is 1. The summed E-state index contributed by atoms with van der Waals surface area (Å²) in [5.41, 5.74) is 1.10. The number of ether oxygens (including phenoxy) is 1. The Balaban J connectivity index is 1.57. The number of aromatic nitrogens is 2. The first kappa shape index (κ1) is 12.1. The van der Waals surface area contributed by atoms with Crippen LogP contribution in [0.3, 0.4) is 0 Å². The van der Waals surface area contributed by atoms with Crippen LogP contribution in [0, 0.1) is 0 Å². The fourth-order valence-corrected chi connectivity index (χ4v) is 3.36. The van der Waals surface area contributed by atoms with Crippen LogP contribution >= 0.6 is 11.6 Å². The van der Waals surface area contributed by atoms with E-state index in [1.807, 2.05) is 6.07 Å². The van der Waals surface area contributed by atoms with E-state index in [0.29, 0.717) is 17.1 Å². The number of nitrogens with zero attached hydrogens (tertiary/aromatic N) is 3. The van der Waals surface area contributed by atoms with Crippen LogP contribution < -0.4 is 0 Å². The van der Waals surface area contributed by atoms with Gasteiger partial charge in [-0.2, -0.15) is 0 Å². The minimum atomic E-state index is -0.00875. The summed E-state index contributed by atoms with van der Waals surface area (Å²) in [7, 11) is 0. The maximum Gasteiger partial charge on any atom is 0.160 e. The molecular formula is C14H18ClN3O. The summed E-state index contributed by atoms with van der Waals surface area (Å²) in [4.78, 5) is 11.6. The van der Waals surface area contributed by atoms with E-state index in [4.69, 9.17) is 16.3 Å². The van der Waals surface area contributed by atoms with E-state index in [-0.39, 0.29) is 6.10 Å². The van der Waals surface area contributed by atoms with E-state index >= 15 is 0 Å². The molecule has 0 amide bonds. The van der Waals surface area contributed by atoms with Gasteiger partial charge in [-0.15, -0.1) is 0 Å². The molecule has 1 aliphatic carbocycles. The van der Waals surface area contributed by atoms with Gasteiger partial charge in [-0.25, -0.2) is 9.97 Å². The number of rotatable bonds is 2. The summed E-state index contributed by atoms with van der Waals surface area (Å²) in [6.45, 7) is 2.90. The smallest absolute Gasteiger partial charge is 0.160 e. The molecule has 4 rings (SSSR count). The molecule has 0 radical (unpaired) electrons. The van der Waals surface area contributed by atoms with Crippen molar-refractivity contribution < 1.29 is 4.74 Å². The number of hydrogen-bond donors (Lipinski definition) is 0. The predicted octanol–water partition coefficient (Wildman–Crippen LogP) is 2.54. The van der Waals surface area contributed by atoms with Crippen molar-refractivity contribution in [1.82, 2.24) is 14.9 Å². The lowest BCUT2D eigenvalue weighted by molar-refractivity contribution is -0.0542. The van der Waals surface area contributed by atoms with Gasteiger partial charge in [0.15, 0.2) is 5.82 Å². The Bertz CT molecular complexity index is 492. The molecule has 102 valence electrons. The van der Waals surface area contributed by atoms with Crippen LogP contribution in [0.15, 0.2) is 6.07 Å². The molecule has 1 saturated carbocycles. The topological polar surface area (TPSA) is 38.2 Å². The molecule has 0 spiro atoms. The summed E-state index contributed by atoms with van der Waals surface area (Å²) < 4.78 is 5.96. The van der Waals surface area contributed by atoms with Crippen molar-refractivity contribution in [3.05, 3.63) is 22.7 Å². The van der Waals surface area contributed by atoms with Gasteiger partial charge in [-0.05, 0) is 38.3 Å². The van der Waals surface area contributed by atoms with E-state index in [1.54, 1.807) is 0 Å². The van der Waals surface area contributed by atoms with Crippen molar-refractivity contribution in [3.8, 4) is 0 Å². The molecule has 2 unspecified atom stereocenters. The van der Waals surface area contributed by atoms with Gasteiger partial charge < -0.3 is 4.74 Å². The van der Waals surface area contributed by atoms with E-state index in [0.717, 1.165) is 24.7 Å². The van der Waals surface area contributed by atoms with Crippen molar-refractivity contribution in [2.75, 3.05) is 19.7 Å². The molecule has 2 atom stereocenters. The quantitative estimate of drug-likeness (QED) is 0.780. The van der Waals surface area contributed by atoms with Crippen molar-refractivity contribution in [3.63, 3.8) is 0 Å². The molecule has 1 aromatic heterocycles. The number of halogens is 1. The second-order valence-corrected chi connectivity index (χ2v) is 6.25. The second kappa shape index (κ2) is 4.69. The molecule has 2 aliphatic heterocycles. The third-order valence-corrected chi connectivity index (χ3v) is 4.60. The number of morpholine rings is 1. The predicted molar refractivity (Wildman–Crippen MR) is 72.3 cm³/mol. The molecule has 3 fully saturated rings. The zero-order valence-electron chi connectivity index (χ0n) is 10.9. The van der Waals surface area contributed by atoms with Gasteiger partial charge >= 0.3 is 0 Å². The Kier molecular flexibility index (Phi) is 2.98. The zero-order valence-corrected chi connectivity index (χ0v) is 11.6. The van der Waals surface area contributed by atoms with Crippen molar-refractivity contribution in [2.24, 2.45) is 0 Å². The van der Waals surface area contributed by atoms with Crippen LogP contribution in [-0.2, 0) is 4.74 Å². The summed E-state index contributed by atoms with van der Waals surface area (Å²) >= 11 is 6.13. The van der Waals surface area contributed by atoms with Gasteiger partial charge in [0, 0.05) is 24.2 Å². The highest BCUT2D eigenvalue weighted by atomic mass is 35.5. The summed E-state index contributed by atoms with van der Waals surface area (Å²) in [6.07, 6.45) is 4.99. The van der Waals surface area contributed by atoms with E-state index < -0.39 is 0 Å². The van der Waals surface area contributed by atoms with Crippen LogP contribution in [0.2, 0.25) is 5.15 Å². The summed E-state index contributed by atoms with van der Waals surface area (Å²) in [5.74, 6) is 1.38. The molecule has 1 aromatic rings. The van der Waals surface area contributed by atoms with Crippen molar-refractivity contribution in [1.29, 1.82) is 0 Å². The molecule has 0 N–H and O–H groups in total. The van der Waals surface area contributed by atoms with Crippen LogP contribution in [0.5, 0.6) is 0 Å². The lowest BCUT2D eigenvalue weighted by Crippen LogP contribution is -2.42. The molecule has 3 aliphatic rings. The Morgan fingerprint density at radius 2 is 2.16 bits per heavy atom. The first-order valence-corrected chi connectivity index (χ1v) is 7.57. The Morgan fingerprint density at radius 3 is 3.00 bits per heavy atom. The van der Waals surface area contributed by atoms with Crippen LogP contribution in [0.1, 0.15) is 49.2 Å². The summed E-state index contributed by atoms with van der Waals surface area (Å²) in [5, 5.41) is 0.555. The molecule has 3 heterocycles. The highest BCUT2D eigenvalue weighted by Gasteiger charge is 2.35. The van der Waals surface area contributed by atoms with E-state index in [1.165, 1.54) is 32.2 Å². The normalized spacial score (nSPS) is 31.4. The maximum absolute atomic E-state index is 6.13. The SMILES string of the molecule is Clc1cc(C2CC2)nc(C2CN3CCCC3CO2)n1. The molecule has 19 heavy (non-hydrogen) atoms. The monoisotopic (exact) mass is 279 g/mol. The minimum absolute atomic E-state index is 0.00875. The van der Waals surface area contributed by atoms with Gasteiger partial charge in [-0.3, -0.25) is 4.90 Å². The standard InChI is InChI=1S/C14H18ClN3O/c15-13-6-11(9-3-4-9)16-14(17-13)12-7-18-5-1-2-10(18)8-19-12/h6,9-10,12H,1-5,7-8H2. The summed E-state index contributed by atoms with van der Waals surface area (Å²) in [6, 6.07) is 2.52.